The van der Waals surface area contributed by atoms with E-state index in [-0.39, 0.29) is 18.5 Å². The number of hydrogen-bond acceptors (Lipinski definition) is 4. The van der Waals surface area contributed by atoms with Crippen LogP contribution in [0, 0.1) is 12.3 Å². The second kappa shape index (κ2) is 5.37. The summed E-state index contributed by atoms with van der Waals surface area (Å²) >= 11 is 0. The molecule has 0 bridgehead atoms. The molecule has 0 aromatic heterocycles. The van der Waals surface area contributed by atoms with Gasteiger partial charge in [-0.3, -0.25) is 5.41 Å². The molecular formula is C13H19N3O2. The Bertz CT molecular complexity index is 448. The third-order valence-corrected chi connectivity index (χ3v) is 3.27. The summed E-state index contributed by atoms with van der Waals surface area (Å²) in [4.78, 5) is 2.14. The van der Waals surface area contributed by atoms with E-state index in [0.717, 1.165) is 23.4 Å². The lowest BCUT2D eigenvalue weighted by Crippen LogP contribution is -2.47. The first kappa shape index (κ1) is 12.9. The summed E-state index contributed by atoms with van der Waals surface area (Å²) in [7, 11) is 0. The highest BCUT2D eigenvalue weighted by molar-refractivity contribution is 5.96. The molecule has 2 rings (SSSR count). The van der Waals surface area contributed by atoms with Gasteiger partial charge in [-0.25, -0.2) is 0 Å². The standard InChI is InChI=1S/C13H19N3O2/c1-9-6-10(2-3-12(9)13(14)15)16-4-5-18-8-11(16)7-17/h2-3,6,11,17H,4-5,7-8H2,1H3,(H3,14,15). The maximum absolute atomic E-state index is 9.36. The van der Waals surface area contributed by atoms with Gasteiger partial charge >= 0.3 is 0 Å². The van der Waals surface area contributed by atoms with Gasteiger partial charge in [-0.05, 0) is 30.7 Å². The fraction of sp³-hybridized carbons (Fsp3) is 0.462. The number of aliphatic hydroxyl groups excluding tert-OH is 1. The number of aliphatic hydroxyl groups is 1. The SMILES string of the molecule is Cc1cc(N2CCOCC2CO)ccc1C(=N)N. The second-order valence-corrected chi connectivity index (χ2v) is 4.52. The molecule has 1 aromatic rings. The highest BCUT2D eigenvalue weighted by Crippen LogP contribution is 2.22. The average molecular weight is 249 g/mol. The van der Waals surface area contributed by atoms with Crippen molar-refractivity contribution in [2.24, 2.45) is 5.73 Å². The van der Waals surface area contributed by atoms with Crippen LogP contribution in [0.5, 0.6) is 0 Å². The highest BCUT2D eigenvalue weighted by Gasteiger charge is 2.22. The van der Waals surface area contributed by atoms with Gasteiger partial charge in [-0.2, -0.15) is 0 Å². The predicted molar refractivity (Wildman–Crippen MR) is 71.2 cm³/mol. The molecule has 5 nitrogen and oxygen atoms in total. The Morgan fingerprint density at radius 2 is 2.39 bits per heavy atom. The first-order valence-corrected chi connectivity index (χ1v) is 6.03. The predicted octanol–water partition coefficient (Wildman–Crippen LogP) is 0.477. The van der Waals surface area contributed by atoms with Crippen molar-refractivity contribution in [1.29, 1.82) is 5.41 Å². The molecule has 0 saturated carbocycles. The van der Waals surface area contributed by atoms with Crippen LogP contribution in [0.1, 0.15) is 11.1 Å². The lowest BCUT2D eigenvalue weighted by molar-refractivity contribution is 0.0727. The summed E-state index contributed by atoms with van der Waals surface area (Å²) in [6.07, 6.45) is 0. The lowest BCUT2D eigenvalue weighted by Gasteiger charge is -2.36. The van der Waals surface area contributed by atoms with E-state index < -0.39 is 0 Å². The molecule has 18 heavy (non-hydrogen) atoms. The van der Waals surface area contributed by atoms with Crippen molar-refractivity contribution in [3.05, 3.63) is 29.3 Å². The fourth-order valence-electron chi connectivity index (χ4n) is 2.27. The molecule has 1 aliphatic heterocycles. The monoisotopic (exact) mass is 249 g/mol. The minimum absolute atomic E-state index is 0.00123. The van der Waals surface area contributed by atoms with E-state index in [1.54, 1.807) is 0 Å². The zero-order valence-corrected chi connectivity index (χ0v) is 10.5. The van der Waals surface area contributed by atoms with Crippen molar-refractivity contribution in [2.75, 3.05) is 31.3 Å². The number of anilines is 1. The smallest absolute Gasteiger partial charge is 0.123 e. The van der Waals surface area contributed by atoms with Gasteiger partial charge in [0.15, 0.2) is 0 Å². The number of morpholine rings is 1. The molecule has 1 aliphatic rings. The molecule has 4 N–H and O–H groups in total. The number of amidine groups is 1. The summed E-state index contributed by atoms with van der Waals surface area (Å²) in [6, 6.07) is 5.81. The van der Waals surface area contributed by atoms with Gasteiger partial charge in [0.05, 0.1) is 25.9 Å². The summed E-state index contributed by atoms with van der Waals surface area (Å²) in [5.41, 5.74) is 8.28. The Kier molecular flexibility index (Phi) is 3.84. The maximum atomic E-state index is 9.36. The second-order valence-electron chi connectivity index (χ2n) is 4.52. The van der Waals surface area contributed by atoms with Crippen LogP contribution in [0.4, 0.5) is 5.69 Å². The lowest BCUT2D eigenvalue weighted by atomic mass is 10.1. The topological polar surface area (TPSA) is 82.6 Å². The van der Waals surface area contributed by atoms with Crippen molar-refractivity contribution in [3.63, 3.8) is 0 Å². The number of hydrogen-bond donors (Lipinski definition) is 3. The molecule has 98 valence electrons. The normalized spacial score (nSPS) is 19.9. The molecule has 0 spiro atoms. The Balaban J connectivity index is 2.27. The number of nitrogens with two attached hydrogens (primary N) is 1. The number of benzene rings is 1. The van der Waals surface area contributed by atoms with Crippen molar-refractivity contribution in [3.8, 4) is 0 Å². The van der Waals surface area contributed by atoms with Gasteiger partial charge in [0, 0.05) is 17.8 Å². The molecule has 0 amide bonds. The minimum atomic E-state index is 0.00123. The zero-order valence-electron chi connectivity index (χ0n) is 10.5. The molecule has 1 aromatic carbocycles. The van der Waals surface area contributed by atoms with E-state index >= 15 is 0 Å². The Labute approximate surface area is 107 Å². The van der Waals surface area contributed by atoms with Crippen LogP contribution in [-0.2, 0) is 4.74 Å². The van der Waals surface area contributed by atoms with Crippen LogP contribution in [-0.4, -0.2) is 43.3 Å². The largest absolute Gasteiger partial charge is 0.394 e. The van der Waals surface area contributed by atoms with E-state index in [1.165, 1.54) is 0 Å². The van der Waals surface area contributed by atoms with Crippen LogP contribution < -0.4 is 10.6 Å². The summed E-state index contributed by atoms with van der Waals surface area (Å²) in [5.74, 6) is 0.0831. The van der Waals surface area contributed by atoms with Crippen LogP contribution in [0.15, 0.2) is 18.2 Å². The number of nitrogens with zero attached hydrogens (tertiary/aromatic N) is 1. The van der Waals surface area contributed by atoms with E-state index in [1.807, 2.05) is 25.1 Å². The molecule has 1 saturated heterocycles. The van der Waals surface area contributed by atoms with Gasteiger partial charge in [0.1, 0.15) is 5.84 Å². The number of nitrogens with one attached hydrogen (secondary N) is 1. The van der Waals surface area contributed by atoms with Gasteiger partial charge in [0.2, 0.25) is 0 Å². The van der Waals surface area contributed by atoms with E-state index in [0.29, 0.717) is 13.2 Å². The number of ether oxygens (including phenoxy) is 1. The van der Waals surface area contributed by atoms with Crippen LogP contribution >= 0.6 is 0 Å². The van der Waals surface area contributed by atoms with E-state index in [9.17, 15) is 5.11 Å². The molecule has 0 radical (unpaired) electrons. The van der Waals surface area contributed by atoms with Gasteiger partial charge < -0.3 is 20.5 Å². The molecule has 5 heteroatoms. The van der Waals surface area contributed by atoms with Crippen LogP contribution in [0.25, 0.3) is 0 Å². The van der Waals surface area contributed by atoms with Gasteiger partial charge in [-0.1, -0.05) is 0 Å². The highest BCUT2D eigenvalue weighted by atomic mass is 16.5. The first-order chi connectivity index (χ1) is 8.63. The van der Waals surface area contributed by atoms with Crippen LogP contribution in [0.2, 0.25) is 0 Å². The van der Waals surface area contributed by atoms with Gasteiger partial charge in [0.25, 0.3) is 0 Å². The van der Waals surface area contributed by atoms with E-state index in [4.69, 9.17) is 15.9 Å². The van der Waals surface area contributed by atoms with Crippen molar-refractivity contribution in [1.82, 2.24) is 0 Å². The number of nitrogen functional groups attached to an aromatic ring is 1. The molecule has 1 heterocycles. The molecule has 1 fully saturated rings. The molecular weight excluding hydrogens is 230 g/mol. The minimum Gasteiger partial charge on any atom is -0.394 e. The fourth-order valence-corrected chi connectivity index (χ4v) is 2.27. The zero-order chi connectivity index (χ0) is 13.1. The number of aryl methyl sites for hydroxylation is 1. The van der Waals surface area contributed by atoms with Crippen LogP contribution in [0.3, 0.4) is 0 Å². The molecule has 1 atom stereocenters. The Hall–Kier alpha value is -1.59. The number of rotatable bonds is 3. The van der Waals surface area contributed by atoms with Crippen molar-refractivity contribution in [2.45, 2.75) is 13.0 Å². The van der Waals surface area contributed by atoms with Crippen molar-refractivity contribution < 1.29 is 9.84 Å². The summed E-state index contributed by atoms with van der Waals surface area (Å²) < 4.78 is 5.36. The maximum Gasteiger partial charge on any atom is 0.123 e. The third kappa shape index (κ3) is 2.47. The molecule has 1 unspecified atom stereocenters. The van der Waals surface area contributed by atoms with Gasteiger partial charge in [-0.15, -0.1) is 0 Å². The first-order valence-electron chi connectivity index (χ1n) is 6.03. The Morgan fingerprint density at radius 3 is 3.00 bits per heavy atom. The van der Waals surface area contributed by atoms with E-state index in [2.05, 4.69) is 4.90 Å². The van der Waals surface area contributed by atoms with Crippen molar-refractivity contribution >= 4 is 11.5 Å². The summed E-state index contributed by atoms with van der Waals surface area (Å²) in [5, 5.41) is 16.8. The summed E-state index contributed by atoms with van der Waals surface area (Å²) in [6.45, 7) is 4.00. The quantitative estimate of drug-likeness (QED) is 0.537. The molecule has 0 aliphatic carbocycles. The average Bonchev–Trinajstić information content (AvgIpc) is 2.38. The Morgan fingerprint density at radius 1 is 1.61 bits per heavy atom. The third-order valence-electron chi connectivity index (χ3n) is 3.27.